The number of unbranched alkanes of at least 4 members (excludes halogenated alkanes) is 3. The lowest BCUT2D eigenvalue weighted by atomic mass is 9.92. The number of allylic oxidation sites excluding steroid dienone is 1. The second-order valence-electron chi connectivity index (χ2n) is 6.31. The molecule has 2 N–H and O–H groups in total. The van der Waals surface area contributed by atoms with E-state index in [1.54, 1.807) is 6.08 Å². The fraction of sp³-hybridized carbons (Fsp3) is 0.733. The van der Waals surface area contributed by atoms with E-state index >= 15 is 0 Å². The van der Waals surface area contributed by atoms with E-state index < -0.39 is 23.8 Å². The number of ketones is 1. The number of hydrogen-bond acceptors (Lipinski definition) is 3. The van der Waals surface area contributed by atoms with Gasteiger partial charge in [-0.2, -0.15) is 0 Å². The van der Waals surface area contributed by atoms with E-state index in [0.717, 1.165) is 25.7 Å². The third-order valence-electron chi connectivity index (χ3n) is 2.88. The van der Waals surface area contributed by atoms with Crippen LogP contribution in [0, 0.1) is 0 Å². The molecule has 116 valence electrons. The summed E-state index contributed by atoms with van der Waals surface area (Å²) in [5.41, 5.74) is -1.84. The smallest absolute Gasteiger partial charge is 0.307 e. The number of hydrogen-bond donors (Lipinski definition) is 2. The molecule has 5 nitrogen and oxygen atoms in total. The highest BCUT2D eigenvalue weighted by Crippen LogP contribution is 2.17. The lowest BCUT2D eigenvalue weighted by Gasteiger charge is -2.33. The zero-order chi connectivity index (χ0) is 15.8. The van der Waals surface area contributed by atoms with Gasteiger partial charge in [0.05, 0.1) is 27.6 Å². The van der Waals surface area contributed by atoms with Crippen LogP contribution >= 0.6 is 0 Å². The molecule has 0 amide bonds. The third kappa shape index (κ3) is 8.07. The second-order valence-corrected chi connectivity index (χ2v) is 6.31. The summed E-state index contributed by atoms with van der Waals surface area (Å²) >= 11 is 0. The van der Waals surface area contributed by atoms with Crippen LogP contribution in [0.15, 0.2) is 12.2 Å². The van der Waals surface area contributed by atoms with Gasteiger partial charge in [-0.1, -0.05) is 25.8 Å². The van der Waals surface area contributed by atoms with Crippen LogP contribution in [0.1, 0.15) is 39.0 Å². The Labute approximate surface area is 121 Å². The summed E-state index contributed by atoms with van der Waals surface area (Å²) in [6.07, 6.45) is 6.44. The Morgan fingerprint density at radius 1 is 1.20 bits per heavy atom. The predicted octanol–water partition coefficient (Wildman–Crippen LogP) is 1.60. The van der Waals surface area contributed by atoms with Crippen molar-refractivity contribution in [1.29, 1.82) is 0 Å². The maximum atomic E-state index is 12.1. The predicted molar refractivity (Wildman–Crippen MR) is 78.4 cm³/mol. The number of carbonyl (C=O) groups excluding carboxylic acids is 1. The van der Waals surface area contributed by atoms with E-state index in [1.807, 2.05) is 21.1 Å². The number of rotatable bonds is 10. The fourth-order valence-electron chi connectivity index (χ4n) is 2.11. The molecule has 1 atom stereocenters. The number of quaternary nitrogens is 1. The molecule has 0 heterocycles. The molecular formula is C15H28NO4+. The summed E-state index contributed by atoms with van der Waals surface area (Å²) < 4.78 is 0.319. The number of carboxylic acid groups (broad SMARTS) is 1. The maximum absolute atomic E-state index is 12.1. The summed E-state index contributed by atoms with van der Waals surface area (Å²) in [6, 6.07) is 0. The van der Waals surface area contributed by atoms with Gasteiger partial charge in [-0.15, -0.1) is 0 Å². The van der Waals surface area contributed by atoms with Crippen LogP contribution in [0.5, 0.6) is 0 Å². The molecule has 0 radical (unpaired) electrons. The third-order valence-corrected chi connectivity index (χ3v) is 2.88. The molecule has 0 aromatic heterocycles. The van der Waals surface area contributed by atoms with Crippen molar-refractivity contribution in [3.05, 3.63) is 12.2 Å². The molecule has 0 aliphatic carbocycles. The van der Waals surface area contributed by atoms with Gasteiger partial charge in [0, 0.05) is 0 Å². The highest BCUT2D eigenvalue weighted by Gasteiger charge is 2.41. The quantitative estimate of drug-likeness (QED) is 0.363. The number of nitrogens with zero attached hydrogens (tertiary/aromatic N) is 1. The van der Waals surface area contributed by atoms with Gasteiger partial charge in [-0.05, 0) is 18.9 Å². The first-order valence-corrected chi connectivity index (χ1v) is 7.06. The van der Waals surface area contributed by atoms with Crippen LogP contribution in [0.25, 0.3) is 0 Å². The average Bonchev–Trinajstić information content (AvgIpc) is 2.24. The molecule has 0 spiro atoms. The van der Waals surface area contributed by atoms with Crippen molar-refractivity contribution < 1.29 is 24.3 Å². The van der Waals surface area contributed by atoms with Crippen LogP contribution < -0.4 is 0 Å². The Hall–Kier alpha value is -1.20. The normalized spacial score (nSPS) is 15.2. The first-order valence-electron chi connectivity index (χ1n) is 7.06. The molecule has 1 unspecified atom stereocenters. The van der Waals surface area contributed by atoms with Gasteiger partial charge in [0.25, 0.3) is 0 Å². The second kappa shape index (κ2) is 8.17. The number of aliphatic hydroxyl groups is 1. The van der Waals surface area contributed by atoms with Gasteiger partial charge in [-0.25, -0.2) is 0 Å². The van der Waals surface area contributed by atoms with Gasteiger partial charge >= 0.3 is 5.97 Å². The molecule has 0 fully saturated rings. The summed E-state index contributed by atoms with van der Waals surface area (Å²) in [5, 5.41) is 19.3. The van der Waals surface area contributed by atoms with E-state index in [2.05, 4.69) is 6.92 Å². The van der Waals surface area contributed by atoms with Crippen molar-refractivity contribution in [2.75, 3.05) is 27.7 Å². The summed E-state index contributed by atoms with van der Waals surface area (Å²) in [5.74, 6) is -1.70. The zero-order valence-corrected chi connectivity index (χ0v) is 13.1. The molecule has 0 aliphatic rings. The largest absolute Gasteiger partial charge is 0.481 e. The highest BCUT2D eigenvalue weighted by atomic mass is 16.4. The molecule has 0 saturated heterocycles. The van der Waals surface area contributed by atoms with E-state index in [-0.39, 0.29) is 6.54 Å². The van der Waals surface area contributed by atoms with E-state index in [1.165, 1.54) is 6.08 Å². The van der Waals surface area contributed by atoms with Crippen molar-refractivity contribution in [1.82, 2.24) is 0 Å². The van der Waals surface area contributed by atoms with Crippen LogP contribution in [0.2, 0.25) is 0 Å². The molecule has 5 heteroatoms. The Kier molecular flexibility index (Phi) is 7.68. The minimum absolute atomic E-state index is 0.0669. The summed E-state index contributed by atoms with van der Waals surface area (Å²) in [7, 11) is 5.43. The SMILES string of the molecule is CCCCC/C=C/C(=O)C(O)(CC(=O)O)C[N+](C)(C)C. The number of likely N-dealkylation sites (N-methyl/N-ethyl adjacent to an activating group) is 1. The topological polar surface area (TPSA) is 74.6 Å². The van der Waals surface area contributed by atoms with Gasteiger partial charge in [-0.3, -0.25) is 9.59 Å². The first kappa shape index (κ1) is 18.8. The lowest BCUT2D eigenvalue weighted by molar-refractivity contribution is -0.875. The maximum Gasteiger partial charge on any atom is 0.307 e. The minimum atomic E-state index is -1.84. The molecular weight excluding hydrogens is 258 g/mol. The number of carbonyl (C=O) groups is 2. The van der Waals surface area contributed by atoms with Crippen molar-refractivity contribution >= 4 is 11.8 Å². The Morgan fingerprint density at radius 2 is 1.80 bits per heavy atom. The van der Waals surface area contributed by atoms with E-state index in [0.29, 0.717) is 4.48 Å². The highest BCUT2D eigenvalue weighted by molar-refractivity contribution is 5.99. The molecule has 0 rings (SSSR count). The summed E-state index contributed by atoms with van der Waals surface area (Å²) in [4.78, 5) is 23.0. The minimum Gasteiger partial charge on any atom is -0.481 e. The van der Waals surface area contributed by atoms with Crippen LogP contribution in [-0.2, 0) is 9.59 Å². The molecule has 0 aromatic rings. The molecule has 0 aliphatic heterocycles. The van der Waals surface area contributed by atoms with Crippen LogP contribution in [0.4, 0.5) is 0 Å². The van der Waals surface area contributed by atoms with Crippen molar-refractivity contribution in [2.45, 2.75) is 44.6 Å². The Balaban J connectivity index is 4.76. The van der Waals surface area contributed by atoms with E-state index in [4.69, 9.17) is 5.11 Å². The van der Waals surface area contributed by atoms with Crippen molar-refractivity contribution in [2.24, 2.45) is 0 Å². The lowest BCUT2D eigenvalue weighted by Crippen LogP contribution is -2.54. The number of carboxylic acids is 1. The Morgan fingerprint density at radius 3 is 2.25 bits per heavy atom. The monoisotopic (exact) mass is 286 g/mol. The average molecular weight is 286 g/mol. The fourth-order valence-corrected chi connectivity index (χ4v) is 2.11. The van der Waals surface area contributed by atoms with Gasteiger partial charge in [0.15, 0.2) is 11.4 Å². The molecule has 0 saturated carbocycles. The van der Waals surface area contributed by atoms with Crippen LogP contribution in [0.3, 0.4) is 0 Å². The zero-order valence-electron chi connectivity index (χ0n) is 13.1. The molecule has 0 bridgehead atoms. The molecule has 0 aromatic carbocycles. The van der Waals surface area contributed by atoms with Crippen molar-refractivity contribution in [3.8, 4) is 0 Å². The van der Waals surface area contributed by atoms with Crippen LogP contribution in [-0.4, -0.2) is 59.7 Å². The van der Waals surface area contributed by atoms with Gasteiger partial charge < -0.3 is 14.7 Å². The standard InChI is InChI=1S/C15H27NO4/c1-5-6-7-8-9-10-13(17)15(20,11-14(18)19)12-16(2,3)4/h9-10,20H,5-8,11-12H2,1-4H3/p+1/b10-9+. The Bertz CT molecular complexity index is 357. The van der Waals surface area contributed by atoms with Crippen molar-refractivity contribution in [3.63, 3.8) is 0 Å². The first-order chi connectivity index (χ1) is 9.10. The molecule has 20 heavy (non-hydrogen) atoms. The number of aliphatic carboxylic acids is 1. The van der Waals surface area contributed by atoms with Gasteiger partial charge in [0.1, 0.15) is 6.54 Å². The summed E-state index contributed by atoms with van der Waals surface area (Å²) in [6.45, 7) is 2.17. The van der Waals surface area contributed by atoms with E-state index in [9.17, 15) is 14.7 Å². The van der Waals surface area contributed by atoms with Gasteiger partial charge in [0.2, 0.25) is 0 Å².